The molecule has 0 saturated heterocycles. The highest BCUT2D eigenvalue weighted by atomic mass is 79.9. The van der Waals surface area contributed by atoms with E-state index in [1.165, 1.54) is 16.7 Å². The minimum absolute atomic E-state index is 0.314. The maximum absolute atomic E-state index is 13.8. The number of fused-ring (bicyclic) bond motifs is 1. The first-order valence-electron chi connectivity index (χ1n) is 6.16. The van der Waals surface area contributed by atoms with Crippen LogP contribution in [0.1, 0.15) is 16.0 Å². The molecule has 2 aromatic carbocycles. The van der Waals surface area contributed by atoms with Crippen molar-refractivity contribution in [2.45, 2.75) is 4.83 Å². The number of halogens is 3. The van der Waals surface area contributed by atoms with Gasteiger partial charge in [-0.05, 0) is 23.8 Å². The van der Waals surface area contributed by atoms with Crippen LogP contribution in [0, 0.1) is 11.6 Å². The van der Waals surface area contributed by atoms with E-state index in [0.29, 0.717) is 22.2 Å². The highest BCUT2D eigenvalue weighted by molar-refractivity contribution is 9.09. The molecular formula is C15H10BrF2NO2. The summed E-state index contributed by atoms with van der Waals surface area (Å²) < 4.78 is 33.3. The van der Waals surface area contributed by atoms with E-state index in [-0.39, 0.29) is 0 Å². The van der Waals surface area contributed by atoms with Crippen molar-refractivity contribution in [1.29, 1.82) is 0 Å². The topological polar surface area (TPSA) is 35.1 Å². The molecule has 0 aliphatic rings. The second-order valence-electron chi connectivity index (χ2n) is 4.68. The van der Waals surface area contributed by atoms with E-state index in [4.69, 9.17) is 4.42 Å². The molecule has 0 aliphatic heterocycles. The Kier molecular flexibility index (Phi) is 3.41. The summed E-state index contributed by atoms with van der Waals surface area (Å²) >= 11 is 3.39. The van der Waals surface area contributed by atoms with Gasteiger partial charge in [-0.1, -0.05) is 28.1 Å². The summed E-state index contributed by atoms with van der Waals surface area (Å²) in [6, 6.07) is 8.58. The Morgan fingerprint density at radius 1 is 1.19 bits per heavy atom. The molecule has 21 heavy (non-hydrogen) atoms. The molecule has 1 aromatic heterocycles. The molecule has 3 aromatic rings. The van der Waals surface area contributed by atoms with Gasteiger partial charge in [0.2, 0.25) is 0 Å². The van der Waals surface area contributed by atoms with Crippen LogP contribution in [0.3, 0.4) is 0 Å². The van der Waals surface area contributed by atoms with E-state index in [2.05, 4.69) is 15.9 Å². The van der Waals surface area contributed by atoms with Crippen molar-refractivity contribution in [3.8, 4) is 0 Å². The van der Waals surface area contributed by atoms with Crippen LogP contribution in [-0.4, -0.2) is 4.57 Å². The van der Waals surface area contributed by atoms with E-state index in [1.807, 2.05) is 0 Å². The number of hydrogen-bond donors (Lipinski definition) is 0. The predicted octanol–water partition coefficient (Wildman–Crippen LogP) is 3.89. The van der Waals surface area contributed by atoms with Gasteiger partial charge in [-0.15, -0.1) is 0 Å². The van der Waals surface area contributed by atoms with Gasteiger partial charge < -0.3 is 4.42 Å². The van der Waals surface area contributed by atoms with E-state index in [9.17, 15) is 13.6 Å². The average Bonchev–Trinajstić information content (AvgIpc) is 2.73. The van der Waals surface area contributed by atoms with Crippen molar-refractivity contribution in [2.75, 3.05) is 0 Å². The molecule has 6 heteroatoms. The lowest BCUT2D eigenvalue weighted by Gasteiger charge is -2.11. The first-order chi connectivity index (χ1) is 9.97. The molecule has 0 amide bonds. The van der Waals surface area contributed by atoms with E-state index in [0.717, 1.165) is 6.07 Å². The fourth-order valence-corrected chi connectivity index (χ4v) is 2.85. The molecule has 3 nitrogen and oxygen atoms in total. The van der Waals surface area contributed by atoms with Gasteiger partial charge in [0, 0.05) is 18.7 Å². The van der Waals surface area contributed by atoms with Crippen LogP contribution in [0.5, 0.6) is 0 Å². The molecule has 0 radical (unpaired) electrons. The number of alkyl halides is 1. The van der Waals surface area contributed by atoms with Crippen molar-refractivity contribution in [2.24, 2.45) is 7.05 Å². The molecule has 1 atom stereocenters. The van der Waals surface area contributed by atoms with Crippen molar-refractivity contribution in [3.63, 3.8) is 0 Å². The number of nitrogens with zero attached hydrogens (tertiary/aromatic N) is 1. The molecule has 0 N–H and O–H groups in total. The summed E-state index contributed by atoms with van der Waals surface area (Å²) in [7, 11) is 1.61. The number of oxazole rings is 1. The third-order valence-corrected chi connectivity index (χ3v) is 4.37. The van der Waals surface area contributed by atoms with E-state index < -0.39 is 22.2 Å². The average molecular weight is 354 g/mol. The third kappa shape index (κ3) is 2.40. The highest BCUT2D eigenvalue weighted by Gasteiger charge is 2.17. The first-order valence-corrected chi connectivity index (χ1v) is 7.07. The lowest BCUT2D eigenvalue weighted by atomic mass is 10.0. The predicted molar refractivity (Wildman–Crippen MR) is 78.6 cm³/mol. The van der Waals surface area contributed by atoms with Crippen molar-refractivity contribution < 1.29 is 13.2 Å². The second kappa shape index (κ2) is 5.11. The zero-order chi connectivity index (χ0) is 15.1. The van der Waals surface area contributed by atoms with Gasteiger partial charge in [-0.25, -0.2) is 13.6 Å². The monoisotopic (exact) mass is 353 g/mol. The maximum Gasteiger partial charge on any atom is 0.419 e. The van der Waals surface area contributed by atoms with Gasteiger partial charge >= 0.3 is 5.76 Å². The van der Waals surface area contributed by atoms with Crippen molar-refractivity contribution in [3.05, 3.63) is 69.7 Å². The Labute approximate surface area is 126 Å². The highest BCUT2D eigenvalue weighted by Crippen LogP contribution is 2.34. The Morgan fingerprint density at radius 2 is 1.95 bits per heavy atom. The smallest absolute Gasteiger partial charge is 0.408 e. The van der Waals surface area contributed by atoms with Crippen LogP contribution in [0.4, 0.5) is 8.78 Å². The summed E-state index contributed by atoms with van der Waals surface area (Å²) in [6.45, 7) is 0. The first kappa shape index (κ1) is 14.0. The van der Waals surface area contributed by atoms with Gasteiger partial charge in [0.15, 0.2) is 5.58 Å². The summed E-state index contributed by atoms with van der Waals surface area (Å²) in [5.41, 5.74) is 2.10. The van der Waals surface area contributed by atoms with Crippen molar-refractivity contribution >= 4 is 27.0 Å². The van der Waals surface area contributed by atoms with Crippen LogP contribution in [-0.2, 0) is 7.05 Å². The zero-order valence-corrected chi connectivity index (χ0v) is 12.5. The molecular weight excluding hydrogens is 344 g/mol. The van der Waals surface area contributed by atoms with Crippen LogP contribution in [0.25, 0.3) is 11.1 Å². The number of aryl methyl sites for hydroxylation is 1. The summed E-state index contributed by atoms with van der Waals surface area (Å²) in [5, 5.41) is 0. The zero-order valence-electron chi connectivity index (χ0n) is 10.9. The van der Waals surface area contributed by atoms with Crippen LogP contribution in [0.15, 0.2) is 45.6 Å². The normalized spacial score (nSPS) is 12.8. The Balaban J connectivity index is 2.09. The Hall–Kier alpha value is -1.95. The maximum atomic E-state index is 13.8. The molecule has 1 unspecified atom stereocenters. The lowest BCUT2D eigenvalue weighted by Crippen LogP contribution is -2.08. The standard InChI is InChI=1S/C15H10BrF2NO2/c1-19-12-5-2-8(6-13(12)21-15(19)20)14(16)10-4-3-9(17)7-11(10)18/h2-7,14H,1H3. The quantitative estimate of drug-likeness (QED) is 0.655. The lowest BCUT2D eigenvalue weighted by molar-refractivity contribution is 0.528. The fraction of sp³-hybridized carbons (Fsp3) is 0.133. The van der Waals surface area contributed by atoms with Crippen LogP contribution < -0.4 is 5.76 Å². The van der Waals surface area contributed by atoms with Gasteiger partial charge in [-0.2, -0.15) is 0 Å². The van der Waals surface area contributed by atoms with Gasteiger partial charge in [0.25, 0.3) is 0 Å². The van der Waals surface area contributed by atoms with E-state index >= 15 is 0 Å². The minimum Gasteiger partial charge on any atom is -0.408 e. The number of rotatable bonds is 2. The second-order valence-corrected chi connectivity index (χ2v) is 5.60. The van der Waals surface area contributed by atoms with E-state index in [1.54, 1.807) is 25.2 Å². The van der Waals surface area contributed by atoms with Crippen molar-refractivity contribution in [1.82, 2.24) is 4.57 Å². The number of hydrogen-bond acceptors (Lipinski definition) is 2. The SMILES string of the molecule is Cn1c(=O)oc2cc(C(Br)c3ccc(F)cc3F)ccc21. The van der Waals surface area contributed by atoms with Crippen LogP contribution >= 0.6 is 15.9 Å². The van der Waals surface area contributed by atoms with Gasteiger partial charge in [0.1, 0.15) is 11.6 Å². The molecule has 0 bridgehead atoms. The van der Waals surface area contributed by atoms with Gasteiger partial charge in [-0.3, -0.25) is 4.57 Å². The molecule has 0 spiro atoms. The number of benzene rings is 2. The Morgan fingerprint density at radius 3 is 2.67 bits per heavy atom. The molecule has 1 heterocycles. The third-order valence-electron chi connectivity index (χ3n) is 3.34. The minimum atomic E-state index is -0.633. The summed E-state index contributed by atoms with van der Waals surface area (Å²) in [6.07, 6.45) is 0. The molecule has 108 valence electrons. The largest absolute Gasteiger partial charge is 0.419 e. The van der Waals surface area contributed by atoms with Crippen LogP contribution in [0.2, 0.25) is 0 Å². The molecule has 0 saturated carbocycles. The number of aromatic nitrogens is 1. The molecule has 0 fully saturated rings. The fourth-order valence-electron chi connectivity index (χ4n) is 2.19. The molecule has 3 rings (SSSR count). The summed E-state index contributed by atoms with van der Waals surface area (Å²) in [5.74, 6) is -1.71. The summed E-state index contributed by atoms with van der Waals surface area (Å²) in [4.78, 5) is 11.0. The van der Waals surface area contributed by atoms with Gasteiger partial charge in [0.05, 0.1) is 10.3 Å². The Bertz CT molecular complexity index is 885. The molecule has 0 aliphatic carbocycles.